The summed E-state index contributed by atoms with van der Waals surface area (Å²) in [5.41, 5.74) is 3.24. The zero-order valence-electron chi connectivity index (χ0n) is 11.0. The van der Waals surface area contributed by atoms with Crippen molar-refractivity contribution in [3.05, 3.63) is 58.3 Å². The van der Waals surface area contributed by atoms with Crippen LogP contribution in [0.25, 0.3) is 0 Å². The van der Waals surface area contributed by atoms with E-state index in [0.717, 1.165) is 22.4 Å². The maximum atomic E-state index is 12.2. The number of ketones is 1. The second kappa shape index (κ2) is 5.75. The third kappa shape index (κ3) is 2.90. The molecule has 0 fully saturated rings. The molecule has 1 atom stereocenters. The Labute approximate surface area is 126 Å². The number of hydrogen-bond acceptors (Lipinski definition) is 3. The minimum Gasteiger partial charge on any atom is -0.384 e. The van der Waals surface area contributed by atoms with Crippen LogP contribution in [0.2, 0.25) is 0 Å². The minimum absolute atomic E-state index is 0.239. The van der Waals surface area contributed by atoms with Crippen LogP contribution in [0.15, 0.2) is 47.1 Å². The van der Waals surface area contributed by atoms with Crippen molar-refractivity contribution in [1.29, 1.82) is 0 Å². The number of nitrogens with one attached hydrogen (secondary N) is 1. The third-order valence-corrected chi connectivity index (χ3v) is 4.05. The van der Waals surface area contributed by atoms with Crippen LogP contribution in [0.1, 0.15) is 23.6 Å². The fourth-order valence-electron chi connectivity index (χ4n) is 2.60. The highest BCUT2D eigenvalue weighted by atomic mass is 79.9. The van der Waals surface area contributed by atoms with Gasteiger partial charge in [0.15, 0.2) is 0 Å². The van der Waals surface area contributed by atoms with Gasteiger partial charge in [-0.05, 0) is 39.7 Å². The SMILES string of the molecule is O=C(Cc1ccc(Br)cn1)CC1CNc2ccccc21. The van der Waals surface area contributed by atoms with E-state index >= 15 is 0 Å². The molecule has 0 aliphatic carbocycles. The second-order valence-electron chi connectivity index (χ2n) is 5.05. The van der Waals surface area contributed by atoms with E-state index in [1.807, 2.05) is 24.3 Å². The van der Waals surface area contributed by atoms with Gasteiger partial charge in [-0.3, -0.25) is 9.78 Å². The first-order valence-electron chi connectivity index (χ1n) is 6.67. The molecule has 2 heterocycles. The Bertz CT molecular complexity index is 625. The van der Waals surface area contributed by atoms with E-state index in [0.29, 0.717) is 12.8 Å². The molecule has 0 spiro atoms. The highest BCUT2D eigenvalue weighted by Gasteiger charge is 2.23. The van der Waals surface area contributed by atoms with E-state index in [9.17, 15) is 4.79 Å². The third-order valence-electron chi connectivity index (χ3n) is 3.58. The fraction of sp³-hybridized carbons (Fsp3) is 0.250. The maximum absolute atomic E-state index is 12.2. The number of nitrogens with zero attached hydrogens (tertiary/aromatic N) is 1. The number of Topliss-reactive ketones (excluding diaryl/α,β-unsaturated/α-hetero) is 1. The molecule has 4 heteroatoms. The number of halogens is 1. The lowest BCUT2D eigenvalue weighted by molar-refractivity contribution is -0.118. The van der Waals surface area contributed by atoms with Gasteiger partial charge in [0.25, 0.3) is 0 Å². The molecular formula is C16H15BrN2O. The summed E-state index contributed by atoms with van der Waals surface area (Å²) >= 11 is 3.34. The van der Waals surface area contributed by atoms with Crippen molar-refractivity contribution in [1.82, 2.24) is 4.98 Å². The Hall–Kier alpha value is -1.68. The van der Waals surface area contributed by atoms with Gasteiger partial charge in [-0.25, -0.2) is 0 Å². The smallest absolute Gasteiger partial charge is 0.139 e. The summed E-state index contributed by atoms with van der Waals surface area (Å²) in [6.45, 7) is 0.846. The van der Waals surface area contributed by atoms with Crippen LogP contribution in [-0.2, 0) is 11.2 Å². The molecule has 0 saturated heterocycles. The molecule has 1 aromatic heterocycles. The van der Waals surface area contributed by atoms with Gasteiger partial charge in [0.1, 0.15) is 5.78 Å². The normalized spacial score (nSPS) is 16.6. The number of rotatable bonds is 4. The largest absolute Gasteiger partial charge is 0.384 e. The molecule has 0 amide bonds. The van der Waals surface area contributed by atoms with Gasteiger partial charge in [-0.15, -0.1) is 0 Å². The molecule has 1 aromatic carbocycles. The number of aromatic nitrogens is 1. The van der Waals surface area contributed by atoms with Gasteiger partial charge >= 0.3 is 0 Å². The average molecular weight is 331 g/mol. The summed E-state index contributed by atoms with van der Waals surface area (Å²) < 4.78 is 0.933. The molecule has 1 unspecified atom stereocenters. The van der Waals surface area contributed by atoms with E-state index in [1.54, 1.807) is 6.20 Å². The summed E-state index contributed by atoms with van der Waals surface area (Å²) in [4.78, 5) is 16.4. The number of anilines is 1. The standard InChI is InChI=1S/C16H15BrN2O/c17-12-5-6-13(18-10-12)8-14(20)7-11-9-19-16-4-2-1-3-15(11)16/h1-6,10-11,19H,7-9H2. The molecule has 0 radical (unpaired) electrons. The Morgan fingerprint density at radius 1 is 1.30 bits per heavy atom. The van der Waals surface area contributed by atoms with E-state index < -0.39 is 0 Å². The Balaban J connectivity index is 1.64. The summed E-state index contributed by atoms with van der Waals surface area (Å²) in [5.74, 6) is 0.525. The van der Waals surface area contributed by atoms with Gasteiger partial charge in [-0.2, -0.15) is 0 Å². The molecule has 0 bridgehead atoms. The lowest BCUT2D eigenvalue weighted by Crippen LogP contribution is -2.11. The maximum Gasteiger partial charge on any atom is 0.139 e. The number of pyridine rings is 1. The van der Waals surface area contributed by atoms with Crippen molar-refractivity contribution in [2.45, 2.75) is 18.8 Å². The van der Waals surface area contributed by atoms with Gasteiger partial charge < -0.3 is 5.32 Å². The number of carbonyl (C=O) groups is 1. The van der Waals surface area contributed by atoms with Crippen molar-refractivity contribution >= 4 is 27.4 Å². The molecule has 3 nitrogen and oxygen atoms in total. The Morgan fingerprint density at radius 3 is 2.95 bits per heavy atom. The second-order valence-corrected chi connectivity index (χ2v) is 5.97. The van der Waals surface area contributed by atoms with E-state index in [-0.39, 0.29) is 11.7 Å². The summed E-state index contributed by atoms with van der Waals surface area (Å²) in [5, 5.41) is 3.35. The van der Waals surface area contributed by atoms with Gasteiger partial charge in [0, 0.05) is 47.4 Å². The van der Waals surface area contributed by atoms with Crippen LogP contribution in [-0.4, -0.2) is 17.3 Å². The lowest BCUT2D eigenvalue weighted by atomic mass is 9.94. The molecule has 1 aliphatic heterocycles. The van der Waals surface area contributed by atoms with Crippen LogP contribution < -0.4 is 5.32 Å². The first-order valence-corrected chi connectivity index (χ1v) is 7.46. The summed E-state index contributed by atoms with van der Waals surface area (Å²) in [6, 6.07) is 12.0. The lowest BCUT2D eigenvalue weighted by Gasteiger charge is -2.09. The van der Waals surface area contributed by atoms with Crippen LogP contribution in [0, 0.1) is 0 Å². The Kier molecular flexibility index (Phi) is 3.83. The monoisotopic (exact) mass is 330 g/mol. The van der Waals surface area contributed by atoms with Crippen molar-refractivity contribution in [2.24, 2.45) is 0 Å². The minimum atomic E-state index is 0.239. The van der Waals surface area contributed by atoms with Crippen molar-refractivity contribution in [2.75, 3.05) is 11.9 Å². The highest BCUT2D eigenvalue weighted by Crippen LogP contribution is 2.33. The molecule has 1 N–H and O–H groups in total. The molecule has 102 valence electrons. The fourth-order valence-corrected chi connectivity index (χ4v) is 2.83. The van der Waals surface area contributed by atoms with Crippen molar-refractivity contribution < 1.29 is 4.79 Å². The van der Waals surface area contributed by atoms with Crippen LogP contribution in [0.5, 0.6) is 0 Å². The van der Waals surface area contributed by atoms with Crippen LogP contribution >= 0.6 is 15.9 Å². The number of carbonyl (C=O) groups excluding carboxylic acids is 1. The number of hydrogen-bond donors (Lipinski definition) is 1. The number of fused-ring (bicyclic) bond motifs is 1. The molecule has 1 aliphatic rings. The zero-order valence-corrected chi connectivity index (χ0v) is 12.6. The predicted molar refractivity (Wildman–Crippen MR) is 82.9 cm³/mol. The van der Waals surface area contributed by atoms with E-state index in [1.165, 1.54) is 5.56 Å². The van der Waals surface area contributed by atoms with Gasteiger partial charge in [0.2, 0.25) is 0 Å². The van der Waals surface area contributed by atoms with Crippen LogP contribution in [0.4, 0.5) is 5.69 Å². The highest BCUT2D eigenvalue weighted by molar-refractivity contribution is 9.10. The van der Waals surface area contributed by atoms with Crippen LogP contribution in [0.3, 0.4) is 0 Å². The molecule has 20 heavy (non-hydrogen) atoms. The van der Waals surface area contributed by atoms with Crippen molar-refractivity contribution in [3.8, 4) is 0 Å². The van der Waals surface area contributed by atoms with E-state index in [2.05, 4.69) is 38.4 Å². The molecule has 0 saturated carbocycles. The zero-order chi connectivity index (χ0) is 13.9. The average Bonchev–Trinajstić information content (AvgIpc) is 2.85. The number of para-hydroxylation sites is 1. The quantitative estimate of drug-likeness (QED) is 0.932. The van der Waals surface area contributed by atoms with Crippen molar-refractivity contribution in [3.63, 3.8) is 0 Å². The topological polar surface area (TPSA) is 42.0 Å². The summed E-state index contributed by atoms with van der Waals surface area (Å²) in [6.07, 6.45) is 2.71. The first kappa shape index (κ1) is 13.3. The van der Waals surface area contributed by atoms with Gasteiger partial charge in [-0.1, -0.05) is 18.2 Å². The number of benzene rings is 1. The Morgan fingerprint density at radius 2 is 2.15 bits per heavy atom. The first-order chi connectivity index (χ1) is 9.72. The van der Waals surface area contributed by atoms with E-state index in [4.69, 9.17) is 0 Å². The van der Waals surface area contributed by atoms with Gasteiger partial charge in [0.05, 0.1) is 0 Å². The summed E-state index contributed by atoms with van der Waals surface area (Å²) in [7, 11) is 0. The molecular weight excluding hydrogens is 316 g/mol. The molecule has 3 rings (SSSR count). The molecule has 2 aromatic rings. The predicted octanol–water partition coefficient (Wildman–Crippen LogP) is 3.56.